The number of ether oxygens (including phenoxy) is 2. The van der Waals surface area contributed by atoms with Gasteiger partial charge in [-0.2, -0.15) is 4.98 Å². The Morgan fingerprint density at radius 2 is 2.15 bits per heavy atom. The number of aryl methyl sites for hydroxylation is 2. The zero-order valence-corrected chi connectivity index (χ0v) is 14.4. The van der Waals surface area contributed by atoms with Crippen LogP contribution in [0.25, 0.3) is 11.5 Å². The van der Waals surface area contributed by atoms with Gasteiger partial charge in [0.25, 0.3) is 12.3 Å². The van der Waals surface area contributed by atoms with Gasteiger partial charge in [0.05, 0.1) is 12.4 Å². The highest BCUT2D eigenvalue weighted by molar-refractivity contribution is 5.46. The average Bonchev–Trinajstić information content (AvgIpc) is 3.16. The minimum Gasteiger partial charge on any atom is -0.480 e. The quantitative estimate of drug-likeness (QED) is 0.675. The minimum atomic E-state index is -2.57. The molecule has 0 spiro atoms. The van der Waals surface area contributed by atoms with Gasteiger partial charge in [-0.1, -0.05) is 22.9 Å². The SMILES string of the molecule is Cc1ccc2c(c1)CCC(c1nc(-c3cnc(OCC(F)F)cn3)no1)O2. The number of aromatic nitrogens is 4. The predicted octanol–water partition coefficient (Wildman–Crippen LogP) is 3.55. The molecule has 4 rings (SSSR count). The highest BCUT2D eigenvalue weighted by Gasteiger charge is 2.27. The second-order valence-corrected chi connectivity index (χ2v) is 6.15. The molecule has 140 valence electrons. The van der Waals surface area contributed by atoms with Gasteiger partial charge < -0.3 is 14.0 Å². The summed E-state index contributed by atoms with van der Waals surface area (Å²) in [7, 11) is 0. The summed E-state index contributed by atoms with van der Waals surface area (Å²) in [6.07, 6.45) is 1.26. The van der Waals surface area contributed by atoms with Gasteiger partial charge in [0, 0.05) is 0 Å². The monoisotopic (exact) mass is 374 g/mol. The maximum Gasteiger partial charge on any atom is 0.272 e. The lowest BCUT2D eigenvalue weighted by Gasteiger charge is -2.23. The summed E-state index contributed by atoms with van der Waals surface area (Å²) in [6, 6.07) is 6.05. The van der Waals surface area contributed by atoms with Crippen LogP contribution in [0.15, 0.2) is 35.1 Å². The Balaban J connectivity index is 1.46. The van der Waals surface area contributed by atoms with E-state index in [1.54, 1.807) is 0 Å². The van der Waals surface area contributed by atoms with Crippen LogP contribution >= 0.6 is 0 Å². The van der Waals surface area contributed by atoms with Gasteiger partial charge in [0.15, 0.2) is 12.7 Å². The Morgan fingerprint density at radius 1 is 1.26 bits per heavy atom. The van der Waals surface area contributed by atoms with E-state index in [9.17, 15) is 8.78 Å². The predicted molar refractivity (Wildman–Crippen MR) is 89.7 cm³/mol. The van der Waals surface area contributed by atoms with Crippen LogP contribution in [0.1, 0.15) is 29.5 Å². The lowest BCUT2D eigenvalue weighted by molar-refractivity contribution is 0.0794. The molecule has 1 aromatic carbocycles. The maximum absolute atomic E-state index is 12.1. The molecule has 0 N–H and O–H groups in total. The smallest absolute Gasteiger partial charge is 0.272 e. The fourth-order valence-electron chi connectivity index (χ4n) is 2.82. The molecule has 2 aromatic heterocycles. The molecule has 27 heavy (non-hydrogen) atoms. The van der Waals surface area contributed by atoms with E-state index in [1.807, 2.05) is 19.1 Å². The van der Waals surface area contributed by atoms with Crippen LogP contribution < -0.4 is 9.47 Å². The van der Waals surface area contributed by atoms with E-state index in [-0.39, 0.29) is 17.8 Å². The zero-order chi connectivity index (χ0) is 18.8. The number of halogens is 2. The molecular weight excluding hydrogens is 358 g/mol. The highest BCUT2D eigenvalue weighted by Crippen LogP contribution is 2.35. The van der Waals surface area contributed by atoms with Crippen LogP contribution in [-0.4, -0.2) is 33.1 Å². The van der Waals surface area contributed by atoms with E-state index in [1.165, 1.54) is 18.0 Å². The molecule has 0 aliphatic carbocycles. The summed E-state index contributed by atoms with van der Waals surface area (Å²) in [6.45, 7) is 1.31. The van der Waals surface area contributed by atoms with Crippen molar-refractivity contribution in [3.05, 3.63) is 47.6 Å². The van der Waals surface area contributed by atoms with Crippen LogP contribution in [0.4, 0.5) is 8.78 Å². The molecule has 0 radical (unpaired) electrons. The van der Waals surface area contributed by atoms with Crippen molar-refractivity contribution >= 4 is 0 Å². The first-order chi connectivity index (χ1) is 13.1. The van der Waals surface area contributed by atoms with Gasteiger partial charge in [0.2, 0.25) is 11.7 Å². The molecule has 1 unspecified atom stereocenters. The fraction of sp³-hybridized carbons (Fsp3) is 0.333. The fourth-order valence-corrected chi connectivity index (χ4v) is 2.82. The van der Waals surface area contributed by atoms with Crippen molar-refractivity contribution in [2.24, 2.45) is 0 Å². The highest BCUT2D eigenvalue weighted by atomic mass is 19.3. The van der Waals surface area contributed by atoms with E-state index >= 15 is 0 Å². The Morgan fingerprint density at radius 3 is 2.93 bits per heavy atom. The van der Waals surface area contributed by atoms with E-state index < -0.39 is 13.0 Å². The van der Waals surface area contributed by atoms with Crippen LogP contribution in [0.5, 0.6) is 11.6 Å². The molecule has 1 aliphatic heterocycles. The van der Waals surface area contributed by atoms with Crippen molar-refractivity contribution in [3.63, 3.8) is 0 Å². The lowest BCUT2D eigenvalue weighted by atomic mass is 10.0. The minimum absolute atomic E-state index is 0.00489. The number of benzene rings is 1. The summed E-state index contributed by atoms with van der Waals surface area (Å²) in [5.41, 5.74) is 2.70. The van der Waals surface area contributed by atoms with Crippen LogP contribution in [0.2, 0.25) is 0 Å². The van der Waals surface area contributed by atoms with E-state index in [4.69, 9.17) is 14.0 Å². The molecule has 9 heteroatoms. The number of nitrogens with zero attached hydrogens (tertiary/aromatic N) is 4. The number of alkyl halides is 2. The molecule has 0 fully saturated rings. The number of hydrogen-bond acceptors (Lipinski definition) is 7. The first-order valence-corrected chi connectivity index (χ1v) is 8.41. The summed E-state index contributed by atoms with van der Waals surface area (Å²) in [5.74, 6) is 1.43. The molecule has 0 amide bonds. The Kier molecular flexibility index (Phi) is 4.66. The van der Waals surface area contributed by atoms with Gasteiger partial charge in [-0.3, -0.25) is 0 Å². The summed E-state index contributed by atoms with van der Waals surface area (Å²) < 4.78 is 40.4. The molecule has 0 bridgehead atoms. The van der Waals surface area contributed by atoms with Gasteiger partial charge in [0.1, 0.15) is 11.4 Å². The normalized spacial score (nSPS) is 16.1. The third-order valence-electron chi connectivity index (χ3n) is 4.09. The summed E-state index contributed by atoms with van der Waals surface area (Å²) in [4.78, 5) is 12.3. The molecule has 1 atom stereocenters. The summed E-state index contributed by atoms with van der Waals surface area (Å²) >= 11 is 0. The Bertz CT molecular complexity index is 931. The molecule has 0 saturated heterocycles. The third kappa shape index (κ3) is 3.86. The van der Waals surface area contributed by atoms with Gasteiger partial charge in [-0.05, 0) is 31.4 Å². The van der Waals surface area contributed by atoms with Crippen molar-refractivity contribution in [2.75, 3.05) is 6.61 Å². The third-order valence-corrected chi connectivity index (χ3v) is 4.09. The van der Waals surface area contributed by atoms with Crippen LogP contribution in [0.3, 0.4) is 0 Å². The first-order valence-electron chi connectivity index (χ1n) is 8.41. The topological polar surface area (TPSA) is 83.2 Å². The van der Waals surface area contributed by atoms with Gasteiger partial charge in [-0.25, -0.2) is 18.7 Å². The van der Waals surface area contributed by atoms with E-state index in [0.29, 0.717) is 11.6 Å². The van der Waals surface area contributed by atoms with Gasteiger partial charge in [-0.15, -0.1) is 0 Å². The molecule has 7 nitrogen and oxygen atoms in total. The first kappa shape index (κ1) is 17.3. The molecule has 1 aliphatic rings. The van der Waals surface area contributed by atoms with E-state index in [2.05, 4.69) is 26.2 Å². The van der Waals surface area contributed by atoms with Crippen molar-refractivity contribution in [1.82, 2.24) is 20.1 Å². The lowest BCUT2D eigenvalue weighted by Crippen LogP contribution is -2.15. The molecule has 3 aromatic rings. The number of rotatable bonds is 5. The van der Waals surface area contributed by atoms with Crippen LogP contribution in [-0.2, 0) is 6.42 Å². The van der Waals surface area contributed by atoms with Crippen molar-refractivity contribution < 1.29 is 22.8 Å². The van der Waals surface area contributed by atoms with Crippen molar-refractivity contribution in [2.45, 2.75) is 32.3 Å². The number of fused-ring (bicyclic) bond motifs is 1. The van der Waals surface area contributed by atoms with Crippen molar-refractivity contribution in [3.8, 4) is 23.1 Å². The summed E-state index contributed by atoms with van der Waals surface area (Å²) in [5, 5.41) is 3.91. The second-order valence-electron chi connectivity index (χ2n) is 6.15. The largest absolute Gasteiger partial charge is 0.480 e. The number of hydrogen-bond donors (Lipinski definition) is 0. The Labute approximate surface area is 153 Å². The zero-order valence-electron chi connectivity index (χ0n) is 14.4. The molecule has 3 heterocycles. The standard InChI is InChI=1S/C18H16F2N4O3/c1-10-2-4-13-11(6-10)3-5-14(26-13)18-23-17(24-27-18)12-7-22-16(8-21-12)25-9-15(19)20/h2,4,6-8,14-15H,3,5,9H2,1H3. The van der Waals surface area contributed by atoms with Crippen molar-refractivity contribution in [1.29, 1.82) is 0 Å². The molecular formula is C18H16F2N4O3. The van der Waals surface area contributed by atoms with Crippen LogP contribution in [0, 0.1) is 6.92 Å². The molecule has 0 saturated carbocycles. The Hall–Kier alpha value is -3.10. The van der Waals surface area contributed by atoms with E-state index in [0.717, 1.165) is 24.2 Å². The average molecular weight is 374 g/mol. The second kappa shape index (κ2) is 7.26. The van der Waals surface area contributed by atoms with Gasteiger partial charge >= 0.3 is 0 Å². The maximum atomic E-state index is 12.1.